The molecule has 0 radical (unpaired) electrons. The topological polar surface area (TPSA) is 134 Å². The van der Waals surface area contributed by atoms with Gasteiger partial charge in [-0.05, 0) is 17.7 Å². The number of phenols is 1. The molecule has 0 spiro atoms. The van der Waals surface area contributed by atoms with Crippen LogP contribution in [0, 0.1) is 29.1 Å². The number of carbonyl (C=O) groups is 1. The largest absolute Gasteiger partial charge is 0.507 e. The number of guanidine groups is 1. The van der Waals surface area contributed by atoms with Gasteiger partial charge in [-0.15, -0.1) is 12.3 Å². The Kier molecular flexibility index (Phi) is 6.09. The average molecular weight is 400 g/mol. The third-order valence-corrected chi connectivity index (χ3v) is 4.71. The van der Waals surface area contributed by atoms with E-state index in [4.69, 9.17) is 11.8 Å². The van der Waals surface area contributed by atoms with Gasteiger partial charge in [-0.2, -0.15) is 15.5 Å². The van der Waals surface area contributed by atoms with Crippen molar-refractivity contribution in [1.82, 2.24) is 10.6 Å². The molecular formula is C22H20N6O2. The lowest BCUT2D eigenvalue weighted by molar-refractivity contribution is 0.0973. The Morgan fingerprint density at radius 3 is 2.57 bits per heavy atom. The number of nitriles is 1. The van der Waals surface area contributed by atoms with Crippen LogP contribution in [0.3, 0.4) is 0 Å². The molecule has 1 aliphatic heterocycles. The lowest BCUT2D eigenvalue weighted by atomic mass is 9.93. The minimum absolute atomic E-state index is 0.0653. The molecule has 2 aromatic carbocycles. The number of nitrogens with zero attached hydrogens (tertiary/aromatic N) is 3. The summed E-state index contributed by atoms with van der Waals surface area (Å²) < 4.78 is 0. The van der Waals surface area contributed by atoms with Crippen LogP contribution in [0.2, 0.25) is 0 Å². The van der Waals surface area contributed by atoms with Gasteiger partial charge in [-0.1, -0.05) is 30.3 Å². The smallest absolute Gasteiger partial charge is 0.262 e. The number of nitrogens with one attached hydrogen (secondary N) is 3. The summed E-state index contributed by atoms with van der Waals surface area (Å²) in [6.07, 6.45) is 7.04. The van der Waals surface area contributed by atoms with Crippen LogP contribution in [-0.2, 0) is 0 Å². The van der Waals surface area contributed by atoms with E-state index in [9.17, 15) is 15.2 Å². The Balaban J connectivity index is 1.70. The van der Waals surface area contributed by atoms with Crippen LogP contribution in [0.5, 0.6) is 5.75 Å². The number of rotatable bonds is 7. The van der Waals surface area contributed by atoms with Gasteiger partial charge in [0.25, 0.3) is 5.91 Å². The number of aromatic hydroxyl groups is 1. The van der Waals surface area contributed by atoms with Crippen LogP contribution in [-0.4, -0.2) is 29.2 Å². The van der Waals surface area contributed by atoms with E-state index in [-0.39, 0.29) is 22.8 Å². The fraction of sp³-hybridized carbons (Fsp3) is 0.227. The van der Waals surface area contributed by atoms with Crippen LogP contribution < -0.4 is 10.6 Å². The summed E-state index contributed by atoms with van der Waals surface area (Å²) in [5.74, 6) is 1.36. The summed E-state index contributed by atoms with van der Waals surface area (Å²) in [5.41, 5.74) is 0.624. The minimum Gasteiger partial charge on any atom is -0.507 e. The number of phenolic OH excluding ortho intramolecular Hbond substituents is 1. The van der Waals surface area contributed by atoms with Crippen molar-refractivity contribution in [2.45, 2.75) is 24.9 Å². The van der Waals surface area contributed by atoms with Gasteiger partial charge in [-0.25, -0.2) is 0 Å². The van der Waals surface area contributed by atoms with E-state index in [0.29, 0.717) is 36.9 Å². The van der Waals surface area contributed by atoms with Gasteiger partial charge in [0.05, 0.1) is 17.2 Å². The Bertz CT molecular complexity index is 1070. The summed E-state index contributed by atoms with van der Waals surface area (Å²) in [4.78, 5) is 12.8. The predicted molar refractivity (Wildman–Crippen MR) is 112 cm³/mol. The maximum atomic E-state index is 12.8. The first-order chi connectivity index (χ1) is 14.5. The Labute approximate surface area is 174 Å². The first kappa shape index (κ1) is 20.6. The molecule has 8 heteroatoms. The van der Waals surface area contributed by atoms with Crippen molar-refractivity contribution in [3.8, 4) is 35.3 Å². The third-order valence-electron chi connectivity index (χ3n) is 4.71. The zero-order valence-electron chi connectivity index (χ0n) is 16.1. The van der Waals surface area contributed by atoms with Gasteiger partial charge in [0, 0.05) is 31.4 Å². The summed E-state index contributed by atoms with van der Waals surface area (Å²) >= 11 is 0. The Morgan fingerprint density at radius 1 is 1.20 bits per heavy atom. The van der Waals surface area contributed by atoms with Crippen molar-refractivity contribution >= 4 is 11.9 Å². The molecule has 0 aliphatic carbocycles. The first-order valence-electron chi connectivity index (χ1n) is 9.32. The van der Waals surface area contributed by atoms with E-state index >= 15 is 0 Å². The molecule has 0 aromatic heterocycles. The molecule has 4 N–H and O–H groups in total. The summed E-state index contributed by atoms with van der Waals surface area (Å²) in [6.45, 7) is 0.368. The zero-order valence-corrected chi connectivity index (χ0v) is 16.1. The van der Waals surface area contributed by atoms with Gasteiger partial charge >= 0.3 is 0 Å². The van der Waals surface area contributed by atoms with Crippen molar-refractivity contribution in [1.29, 1.82) is 10.7 Å². The molecule has 8 nitrogen and oxygen atoms in total. The summed E-state index contributed by atoms with van der Waals surface area (Å²) in [6, 6.07) is 13.6. The predicted octanol–water partition coefficient (Wildman–Crippen LogP) is 3.15. The second kappa shape index (κ2) is 8.89. The fourth-order valence-electron chi connectivity index (χ4n) is 3.10. The highest BCUT2D eigenvalue weighted by Gasteiger charge is 2.38. The van der Waals surface area contributed by atoms with Crippen LogP contribution >= 0.6 is 0 Å². The van der Waals surface area contributed by atoms with E-state index in [2.05, 4.69) is 26.8 Å². The number of hydrogen-bond donors (Lipinski definition) is 4. The maximum absolute atomic E-state index is 12.8. The number of carbonyl (C=O) groups excluding carboxylic acids is 1. The quantitative estimate of drug-likeness (QED) is 0.323. The monoisotopic (exact) mass is 400 g/mol. The maximum Gasteiger partial charge on any atom is 0.262 e. The van der Waals surface area contributed by atoms with Crippen molar-refractivity contribution in [3.05, 3.63) is 53.6 Å². The molecule has 0 fully saturated rings. The summed E-state index contributed by atoms with van der Waals surface area (Å²) in [5, 5.41) is 41.0. The van der Waals surface area contributed by atoms with Crippen LogP contribution in [0.1, 0.15) is 35.2 Å². The zero-order chi connectivity index (χ0) is 21.6. The van der Waals surface area contributed by atoms with Crippen molar-refractivity contribution in [3.63, 3.8) is 0 Å². The highest BCUT2D eigenvalue weighted by Crippen LogP contribution is 2.36. The van der Waals surface area contributed by atoms with E-state index in [1.54, 1.807) is 24.3 Å². The van der Waals surface area contributed by atoms with Crippen LogP contribution in [0.4, 0.5) is 0 Å². The van der Waals surface area contributed by atoms with E-state index in [1.165, 1.54) is 12.1 Å². The molecule has 2 aromatic rings. The lowest BCUT2D eigenvalue weighted by Crippen LogP contribution is -2.41. The minimum atomic E-state index is -0.691. The standard InChI is InChI=1S/C22H20N6O2/c1-2-3-11-22(27-28-22)12-13-25-21(24)26-20(30)19-17(29)10-9-16(14-23)18(19)15-7-5-4-6-8-15/h1,4-10,29H,3,11-13H2,(H3,24,25,26,30). The van der Waals surface area contributed by atoms with E-state index in [1.807, 2.05) is 12.1 Å². The molecular weight excluding hydrogens is 380 g/mol. The van der Waals surface area contributed by atoms with Crippen LogP contribution in [0.25, 0.3) is 11.1 Å². The molecule has 1 amide bonds. The molecule has 0 saturated carbocycles. The highest BCUT2D eigenvalue weighted by molar-refractivity contribution is 6.11. The number of benzene rings is 2. The molecule has 3 rings (SSSR count). The van der Waals surface area contributed by atoms with Gasteiger partial charge < -0.3 is 10.4 Å². The number of terminal acetylenes is 1. The fourth-order valence-corrected chi connectivity index (χ4v) is 3.10. The van der Waals surface area contributed by atoms with Crippen molar-refractivity contribution < 1.29 is 9.90 Å². The van der Waals surface area contributed by atoms with Gasteiger partial charge in [0.2, 0.25) is 0 Å². The first-order valence-corrected chi connectivity index (χ1v) is 9.32. The molecule has 0 atom stereocenters. The van der Waals surface area contributed by atoms with Gasteiger partial charge in [0.1, 0.15) is 5.75 Å². The second-order valence-electron chi connectivity index (χ2n) is 6.75. The third kappa shape index (κ3) is 4.62. The molecule has 0 bridgehead atoms. The molecule has 1 aliphatic rings. The normalized spacial score (nSPS) is 13.0. The summed E-state index contributed by atoms with van der Waals surface area (Å²) in [7, 11) is 0. The Hall–Kier alpha value is -4.17. The molecule has 150 valence electrons. The van der Waals surface area contributed by atoms with E-state index < -0.39 is 11.6 Å². The van der Waals surface area contributed by atoms with Crippen LogP contribution in [0.15, 0.2) is 52.7 Å². The van der Waals surface area contributed by atoms with Gasteiger partial charge in [0.15, 0.2) is 11.6 Å². The molecule has 0 saturated heterocycles. The van der Waals surface area contributed by atoms with Crippen molar-refractivity contribution in [2.75, 3.05) is 6.54 Å². The number of amides is 1. The second-order valence-corrected chi connectivity index (χ2v) is 6.75. The van der Waals surface area contributed by atoms with Gasteiger partial charge in [-0.3, -0.25) is 15.5 Å². The lowest BCUT2D eigenvalue weighted by Gasteiger charge is -2.15. The average Bonchev–Trinajstić information content (AvgIpc) is 3.52. The number of hydrogen-bond acceptors (Lipinski definition) is 6. The Morgan fingerprint density at radius 2 is 1.93 bits per heavy atom. The SMILES string of the molecule is C#CCCC1(CCNC(=N)NC(=O)c2c(O)ccc(C#N)c2-c2ccccc2)N=N1. The van der Waals surface area contributed by atoms with Crippen molar-refractivity contribution in [2.24, 2.45) is 10.2 Å². The molecule has 1 heterocycles. The molecule has 30 heavy (non-hydrogen) atoms. The highest BCUT2D eigenvalue weighted by atomic mass is 16.3. The molecule has 0 unspecified atom stereocenters. The van der Waals surface area contributed by atoms with E-state index in [0.717, 1.165) is 0 Å².